The van der Waals surface area contributed by atoms with Gasteiger partial charge in [0.2, 0.25) is 5.91 Å². The SMILES string of the molecule is O=C(O)c1cc(O)ccc1NC(=O)C1CCS(=O)(=O)C1. The molecule has 3 N–H and O–H groups in total. The second-order valence-electron chi connectivity index (χ2n) is 4.62. The van der Waals surface area contributed by atoms with Crippen LogP contribution in [0.2, 0.25) is 0 Å². The number of aromatic hydroxyl groups is 1. The molecule has 8 heteroatoms. The maximum atomic E-state index is 11.9. The van der Waals surface area contributed by atoms with Crippen LogP contribution in [0.15, 0.2) is 18.2 Å². The second-order valence-corrected chi connectivity index (χ2v) is 6.85. The lowest BCUT2D eigenvalue weighted by Gasteiger charge is -2.11. The van der Waals surface area contributed by atoms with Gasteiger partial charge in [0.05, 0.1) is 28.7 Å². The zero-order chi connectivity index (χ0) is 14.9. The number of nitrogens with one attached hydrogen (secondary N) is 1. The van der Waals surface area contributed by atoms with Crippen LogP contribution in [0.1, 0.15) is 16.8 Å². The minimum absolute atomic E-state index is 0.0320. The number of rotatable bonds is 3. The number of anilines is 1. The predicted octanol–water partition coefficient (Wildman–Crippen LogP) is 0.464. The first-order chi connectivity index (χ1) is 9.28. The van der Waals surface area contributed by atoms with Crippen molar-refractivity contribution in [2.75, 3.05) is 16.8 Å². The molecule has 0 bridgehead atoms. The average Bonchev–Trinajstić information content (AvgIpc) is 2.71. The largest absolute Gasteiger partial charge is 0.508 e. The Morgan fingerprint density at radius 2 is 2.00 bits per heavy atom. The van der Waals surface area contributed by atoms with E-state index >= 15 is 0 Å². The van der Waals surface area contributed by atoms with E-state index in [0.29, 0.717) is 0 Å². The Bertz CT molecular complexity index is 667. The van der Waals surface area contributed by atoms with Crippen LogP contribution >= 0.6 is 0 Å². The van der Waals surface area contributed by atoms with Crippen molar-refractivity contribution < 1.29 is 28.2 Å². The van der Waals surface area contributed by atoms with Crippen LogP contribution in [-0.2, 0) is 14.6 Å². The molecule has 1 amide bonds. The fraction of sp³-hybridized carbons (Fsp3) is 0.333. The third-order valence-corrected chi connectivity index (χ3v) is 4.86. The number of carboxylic acids is 1. The summed E-state index contributed by atoms with van der Waals surface area (Å²) in [5.74, 6) is -2.99. The van der Waals surface area contributed by atoms with Crippen LogP contribution in [0.25, 0.3) is 0 Å². The number of hydrogen-bond donors (Lipinski definition) is 3. The minimum atomic E-state index is -3.18. The standard InChI is InChI=1S/C12H13NO6S/c14-8-1-2-10(9(5-8)12(16)17)13-11(15)7-3-4-20(18,19)6-7/h1-2,5,7,14H,3-4,6H2,(H,13,15)(H,16,17). The van der Waals surface area contributed by atoms with Crippen LogP contribution < -0.4 is 5.32 Å². The highest BCUT2D eigenvalue weighted by Gasteiger charge is 2.33. The fourth-order valence-electron chi connectivity index (χ4n) is 2.05. The molecule has 0 aliphatic carbocycles. The molecule has 1 aromatic rings. The smallest absolute Gasteiger partial charge is 0.337 e. The molecule has 0 aromatic heterocycles. The summed E-state index contributed by atoms with van der Waals surface area (Å²) in [6, 6.07) is 3.52. The van der Waals surface area contributed by atoms with Gasteiger partial charge in [-0.05, 0) is 24.6 Å². The fourth-order valence-corrected chi connectivity index (χ4v) is 3.80. The summed E-state index contributed by atoms with van der Waals surface area (Å²) in [5.41, 5.74) is -0.219. The third kappa shape index (κ3) is 3.08. The number of hydrogen-bond acceptors (Lipinski definition) is 5. The monoisotopic (exact) mass is 299 g/mol. The molecule has 1 unspecified atom stereocenters. The normalized spacial score (nSPS) is 20.5. The average molecular weight is 299 g/mol. The van der Waals surface area contributed by atoms with Gasteiger partial charge in [-0.25, -0.2) is 13.2 Å². The van der Waals surface area contributed by atoms with Crippen molar-refractivity contribution in [2.24, 2.45) is 5.92 Å². The van der Waals surface area contributed by atoms with E-state index < -0.39 is 27.6 Å². The Kier molecular flexibility index (Phi) is 3.67. The van der Waals surface area contributed by atoms with E-state index in [1.807, 2.05) is 0 Å². The number of carbonyl (C=O) groups is 2. The number of sulfone groups is 1. The van der Waals surface area contributed by atoms with Gasteiger partial charge in [0.1, 0.15) is 5.75 Å². The van der Waals surface area contributed by atoms with Gasteiger partial charge in [0, 0.05) is 0 Å². The lowest BCUT2D eigenvalue weighted by atomic mass is 10.1. The number of amides is 1. The maximum absolute atomic E-state index is 11.9. The molecular formula is C12H13NO6S. The van der Waals surface area contributed by atoms with Crippen LogP contribution in [0, 0.1) is 5.92 Å². The van der Waals surface area contributed by atoms with E-state index in [4.69, 9.17) is 5.11 Å². The van der Waals surface area contributed by atoms with Gasteiger partial charge in [-0.1, -0.05) is 0 Å². The first-order valence-electron chi connectivity index (χ1n) is 5.86. The quantitative estimate of drug-likeness (QED) is 0.697. The zero-order valence-corrected chi connectivity index (χ0v) is 11.2. The number of phenols is 1. The van der Waals surface area contributed by atoms with Crippen LogP contribution in [-0.4, -0.2) is 42.0 Å². The zero-order valence-electron chi connectivity index (χ0n) is 10.4. The van der Waals surface area contributed by atoms with Crippen molar-refractivity contribution in [2.45, 2.75) is 6.42 Å². The number of carbonyl (C=O) groups excluding carboxylic acids is 1. The molecule has 1 fully saturated rings. The summed E-state index contributed by atoms with van der Waals surface area (Å²) in [5, 5.41) is 20.6. The molecule has 1 aliphatic heterocycles. The Hall–Kier alpha value is -2.09. The molecule has 1 aliphatic rings. The minimum Gasteiger partial charge on any atom is -0.508 e. The lowest BCUT2D eigenvalue weighted by Crippen LogP contribution is -2.24. The van der Waals surface area contributed by atoms with Crippen molar-refractivity contribution in [3.8, 4) is 5.75 Å². The summed E-state index contributed by atoms with van der Waals surface area (Å²) >= 11 is 0. The molecule has 1 atom stereocenters. The molecule has 1 heterocycles. The Morgan fingerprint density at radius 3 is 2.55 bits per heavy atom. The van der Waals surface area contributed by atoms with E-state index in [0.717, 1.165) is 6.07 Å². The lowest BCUT2D eigenvalue weighted by molar-refractivity contribution is -0.119. The van der Waals surface area contributed by atoms with Gasteiger partial charge in [-0.15, -0.1) is 0 Å². The van der Waals surface area contributed by atoms with Gasteiger partial charge >= 0.3 is 5.97 Å². The second kappa shape index (κ2) is 5.12. The molecule has 1 saturated heterocycles. The van der Waals surface area contributed by atoms with Gasteiger partial charge < -0.3 is 15.5 Å². The molecular weight excluding hydrogens is 286 g/mol. The molecule has 2 rings (SSSR count). The number of carboxylic acid groups (broad SMARTS) is 1. The van der Waals surface area contributed by atoms with Gasteiger partial charge in [-0.2, -0.15) is 0 Å². The summed E-state index contributed by atoms with van der Waals surface area (Å²) in [7, 11) is -3.18. The van der Waals surface area contributed by atoms with Gasteiger partial charge in [0.25, 0.3) is 0 Å². The number of benzene rings is 1. The van der Waals surface area contributed by atoms with E-state index in [9.17, 15) is 23.1 Å². The molecule has 108 valence electrons. The van der Waals surface area contributed by atoms with E-state index in [1.165, 1.54) is 12.1 Å². The maximum Gasteiger partial charge on any atom is 0.337 e. The summed E-state index contributed by atoms with van der Waals surface area (Å²) in [6.07, 6.45) is 0.231. The van der Waals surface area contributed by atoms with Crippen molar-refractivity contribution in [1.29, 1.82) is 0 Å². The highest BCUT2D eigenvalue weighted by Crippen LogP contribution is 2.24. The highest BCUT2D eigenvalue weighted by molar-refractivity contribution is 7.91. The van der Waals surface area contributed by atoms with E-state index in [1.54, 1.807) is 0 Å². The van der Waals surface area contributed by atoms with Gasteiger partial charge in [0.15, 0.2) is 9.84 Å². The summed E-state index contributed by atoms with van der Waals surface area (Å²) in [4.78, 5) is 23.0. The van der Waals surface area contributed by atoms with Gasteiger partial charge in [-0.3, -0.25) is 4.79 Å². The van der Waals surface area contributed by atoms with Crippen LogP contribution in [0.4, 0.5) is 5.69 Å². The summed E-state index contributed by atoms with van der Waals surface area (Å²) in [6.45, 7) is 0. The molecule has 20 heavy (non-hydrogen) atoms. The Morgan fingerprint density at radius 1 is 1.30 bits per heavy atom. The van der Waals surface area contributed by atoms with Crippen molar-refractivity contribution >= 4 is 27.4 Å². The number of phenolic OH excluding ortho intramolecular Hbond substituents is 1. The third-order valence-electron chi connectivity index (χ3n) is 3.09. The van der Waals surface area contributed by atoms with Crippen molar-refractivity contribution in [3.63, 3.8) is 0 Å². The molecule has 7 nitrogen and oxygen atoms in total. The van der Waals surface area contributed by atoms with E-state index in [-0.39, 0.29) is 34.9 Å². The first-order valence-corrected chi connectivity index (χ1v) is 7.68. The van der Waals surface area contributed by atoms with Crippen molar-refractivity contribution in [1.82, 2.24) is 0 Å². The van der Waals surface area contributed by atoms with Crippen molar-refractivity contribution in [3.05, 3.63) is 23.8 Å². The number of aromatic carboxylic acids is 1. The Balaban J connectivity index is 2.18. The molecule has 1 aromatic carbocycles. The predicted molar refractivity (Wildman–Crippen MR) is 70.5 cm³/mol. The summed E-state index contributed by atoms with van der Waals surface area (Å²) < 4.78 is 22.6. The topological polar surface area (TPSA) is 121 Å². The Labute approximate surface area is 115 Å². The molecule has 0 saturated carbocycles. The molecule has 0 radical (unpaired) electrons. The van der Waals surface area contributed by atoms with Crippen LogP contribution in [0.3, 0.4) is 0 Å². The van der Waals surface area contributed by atoms with Crippen LogP contribution in [0.5, 0.6) is 5.75 Å². The molecule has 0 spiro atoms. The van der Waals surface area contributed by atoms with E-state index in [2.05, 4.69) is 5.32 Å². The first kappa shape index (κ1) is 14.3. The highest BCUT2D eigenvalue weighted by atomic mass is 32.2.